The molecule has 0 saturated heterocycles. The van der Waals surface area contributed by atoms with Crippen LogP contribution in [0.4, 0.5) is 11.4 Å². The Morgan fingerprint density at radius 2 is 1.73 bits per heavy atom. The van der Waals surface area contributed by atoms with Crippen molar-refractivity contribution in [3.05, 3.63) is 37.9 Å². The molecule has 1 aromatic carbocycles. The van der Waals surface area contributed by atoms with Crippen molar-refractivity contribution in [1.29, 1.82) is 0 Å². The van der Waals surface area contributed by atoms with E-state index in [2.05, 4.69) is 0 Å². The molecule has 15 heavy (non-hydrogen) atoms. The summed E-state index contributed by atoms with van der Waals surface area (Å²) in [7, 11) is 6.09. The normalized spacial score (nSPS) is 10.0. The SMILES string of the molecule is Cc1cc(SCl)c([N+](=O)[O-])cc1[N+](=O)[O-]. The smallest absolute Gasteiger partial charge is 0.258 e. The summed E-state index contributed by atoms with van der Waals surface area (Å²) in [5.41, 5.74) is -0.294. The zero-order valence-corrected chi connectivity index (χ0v) is 9.04. The minimum absolute atomic E-state index is 0.199. The van der Waals surface area contributed by atoms with Crippen LogP contribution in [0.2, 0.25) is 0 Å². The third-order valence-corrected chi connectivity index (χ3v) is 2.75. The number of nitrogens with zero attached hydrogens (tertiary/aromatic N) is 2. The zero-order chi connectivity index (χ0) is 11.6. The van der Waals surface area contributed by atoms with Gasteiger partial charge in [-0.05, 0) is 34.6 Å². The molecule has 0 aromatic heterocycles. The number of hydrogen-bond donors (Lipinski definition) is 0. The lowest BCUT2D eigenvalue weighted by Crippen LogP contribution is -1.96. The molecule has 0 aliphatic heterocycles. The first-order chi connectivity index (χ1) is 6.97. The van der Waals surface area contributed by atoms with Gasteiger partial charge in [0.05, 0.1) is 15.9 Å². The molecule has 0 heterocycles. The molecule has 0 atom stereocenters. The average Bonchev–Trinajstić information content (AvgIpc) is 2.16. The first-order valence-corrected chi connectivity index (χ1v) is 5.33. The molecule has 0 spiro atoms. The molecule has 0 aliphatic carbocycles. The second-order valence-corrected chi connectivity index (χ2v) is 3.75. The molecule has 0 saturated carbocycles. The van der Waals surface area contributed by atoms with Crippen LogP contribution >= 0.6 is 21.7 Å². The molecule has 8 heteroatoms. The van der Waals surface area contributed by atoms with Gasteiger partial charge in [0, 0.05) is 5.56 Å². The minimum atomic E-state index is -0.697. The van der Waals surface area contributed by atoms with Crippen molar-refractivity contribution >= 4 is 33.0 Å². The summed E-state index contributed by atoms with van der Waals surface area (Å²) < 4.78 is 0. The number of benzene rings is 1. The topological polar surface area (TPSA) is 86.3 Å². The van der Waals surface area contributed by atoms with E-state index in [1.165, 1.54) is 13.0 Å². The van der Waals surface area contributed by atoms with Crippen LogP contribution in [-0.2, 0) is 0 Å². The molecule has 0 bridgehead atoms. The van der Waals surface area contributed by atoms with Gasteiger partial charge in [0.1, 0.15) is 4.90 Å². The lowest BCUT2D eigenvalue weighted by atomic mass is 10.2. The first-order valence-electron chi connectivity index (χ1n) is 3.69. The quantitative estimate of drug-likeness (QED) is 0.606. The van der Waals surface area contributed by atoms with E-state index in [1.54, 1.807) is 0 Å². The van der Waals surface area contributed by atoms with E-state index in [1.807, 2.05) is 0 Å². The maximum absolute atomic E-state index is 10.6. The van der Waals surface area contributed by atoms with Crippen molar-refractivity contribution in [2.75, 3.05) is 0 Å². The molecule has 0 amide bonds. The number of rotatable bonds is 3. The van der Waals surface area contributed by atoms with Crippen molar-refractivity contribution in [1.82, 2.24) is 0 Å². The van der Waals surface area contributed by atoms with Crippen LogP contribution in [0, 0.1) is 27.2 Å². The van der Waals surface area contributed by atoms with Crippen LogP contribution in [0.1, 0.15) is 5.56 Å². The number of halogens is 1. The van der Waals surface area contributed by atoms with Gasteiger partial charge in [0.2, 0.25) is 0 Å². The Hall–Kier alpha value is -1.34. The lowest BCUT2D eigenvalue weighted by molar-refractivity contribution is -0.396. The van der Waals surface area contributed by atoms with E-state index >= 15 is 0 Å². The van der Waals surface area contributed by atoms with Gasteiger partial charge in [-0.15, -0.1) is 0 Å². The molecule has 0 aliphatic rings. The summed E-state index contributed by atoms with van der Waals surface area (Å²) in [6, 6.07) is 2.24. The standard InChI is InChI=1S/C7H5ClN2O4S/c1-4-2-7(15-8)6(10(13)14)3-5(4)9(11)12/h2-3H,1H3. The highest BCUT2D eigenvalue weighted by Gasteiger charge is 2.22. The lowest BCUT2D eigenvalue weighted by Gasteiger charge is -2.00. The van der Waals surface area contributed by atoms with E-state index < -0.39 is 9.85 Å². The molecule has 1 rings (SSSR count). The summed E-state index contributed by atoms with van der Waals surface area (Å²) >= 11 is 0. The molecule has 0 N–H and O–H groups in total. The molecular weight excluding hydrogens is 244 g/mol. The fourth-order valence-corrected chi connectivity index (χ4v) is 1.86. The largest absolute Gasteiger partial charge is 0.290 e. The second kappa shape index (κ2) is 4.45. The van der Waals surface area contributed by atoms with E-state index in [-0.39, 0.29) is 16.3 Å². The molecule has 0 fully saturated rings. The second-order valence-electron chi connectivity index (χ2n) is 2.70. The van der Waals surface area contributed by atoms with E-state index in [0.717, 1.165) is 6.07 Å². The number of aryl methyl sites for hydroxylation is 1. The minimum Gasteiger partial charge on any atom is -0.258 e. The molecule has 1 aromatic rings. The average molecular weight is 249 g/mol. The van der Waals surface area contributed by atoms with Gasteiger partial charge in [0.25, 0.3) is 11.4 Å². The van der Waals surface area contributed by atoms with Gasteiger partial charge in [-0.25, -0.2) is 0 Å². The third-order valence-electron chi connectivity index (χ3n) is 1.75. The van der Waals surface area contributed by atoms with Crippen LogP contribution < -0.4 is 0 Å². The molecule has 0 radical (unpaired) electrons. The van der Waals surface area contributed by atoms with Crippen LogP contribution in [0.3, 0.4) is 0 Å². The third kappa shape index (κ3) is 2.37. The fourth-order valence-electron chi connectivity index (χ4n) is 1.06. The van der Waals surface area contributed by atoms with Crippen molar-refractivity contribution in [3.63, 3.8) is 0 Å². The van der Waals surface area contributed by atoms with Gasteiger partial charge in [0.15, 0.2) is 0 Å². The van der Waals surface area contributed by atoms with Crippen LogP contribution in [0.5, 0.6) is 0 Å². The molecule has 6 nitrogen and oxygen atoms in total. The Balaban J connectivity index is 3.43. The summed E-state index contributed by atoms with van der Waals surface area (Å²) in [5, 5.41) is 21.1. The molecule has 80 valence electrons. The Morgan fingerprint density at radius 1 is 1.20 bits per heavy atom. The fraction of sp³-hybridized carbons (Fsp3) is 0.143. The Morgan fingerprint density at radius 3 is 2.13 bits per heavy atom. The van der Waals surface area contributed by atoms with Crippen LogP contribution in [0.15, 0.2) is 17.0 Å². The zero-order valence-electron chi connectivity index (χ0n) is 7.47. The maximum atomic E-state index is 10.6. The number of nitro benzene ring substituents is 2. The summed E-state index contributed by atoms with van der Waals surface area (Å²) in [5.74, 6) is 0. The van der Waals surface area contributed by atoms with Gasteiger partial charge in [-0.3, -0.25) is 20.2 Å². The summed E-state index contributed by atoms with van der Waals surface area (Å²) in [4.78, 5) is 20.0. The van der Waals surface area contributed by atoms with E-state index in [9.17, 15) is 20.2 Å². The van der Waals surface area contributed by atoms with Crippen LogP contribution in [-0.4, -0.2) is 9.85 Å². The predicted molar refractivity (Wildman–Crippen MR) is 56.2 cm³/mol. The highest BCUT2D eigenvalue weighted by molar-refractivity contribution is 8.21. The monoisotopic (exact) mass is 248 g/mol. The van der Waals surface area contributed by atoms with Crippen molar-refractivity contribution in [2.45, 2.75) is 11.8 Å². The maximum Gasteiger partial charge on any atom is 0.290 e. The highest BCUT2D eigenvalue weighted by atomic mass is 35.7. The van der Waals surface area contributed by atoms with Crippen molar-refractivity contribution in [2.24, 2.45) is 0 Å². The van der Waals surface area contributed by atoms with E-state index in [4.69, 9.17) is 10.7 Å². The van der Waals surface area contributed by atoms with Gasteiger partial charge < -0.3 is 0 Å². The van der Waals surface area contributed by atoms with Crippen molar-refractivity contribution in [3.8, 4) is 0 Å². The van der Waals surface area contributed by atoms with Crippen LogP contribution in [0.25, 0.3) is 0 Å². The summed E-state index contributed by atoms with van der Waals surface area (Å²) in [6.07, 6.45) is 0. The Bertz CT molecular complexity index is 437. The summed E-state index contributed by atoms with van der Waals surface area (Å²) in [6.45, 7) is 1.50. The van der Waals surface area contributed by atoms with Crippen molar-refractivity contribution < 1.29 is 9.85 Å². The predicted octanol–water partition coefficient (Wildman–Crippen LogP) is 3.06. The Kier molecular flexibility index (Phi) is 3.48. The first kappa shape index (κ1) is 11.7. The molecular formula is C7H5ClN2O4S. The van der Waals surface area contributed by atoms with Gasteiger partial charge in [-0.1, -0.05) is 0 Å². The number of hydrogen-bond acceptors (Lipinski definition) is 5. The van der Waals surface area contributed by atoms with Gasteiger partial charge in [-0.2, -0.15) is 0 Å². The van der Waals surface area contributed by atoms with E-state index in [0.29, 0.717) is 16.5 Å². The molecule has 0 unspecified atom stereocenters. The number of nitro groups is 2. The highest BCUT2D eigenvalue weighted by Crippen LogP contribution is 2.36. The van der Waals surface area contributed by atoms with Gasteiger partial charge >= 0.3 is 0 Å². The Labute approximate surface area is 93.0 Å².